The van der Waals surface area contributed by atoms with Gasteiger partial charge in [-0.3, -0.25) is 0 Å². The second-order valence-electron chi connectivity index (χ2n) is 2.34. The van der Waals surface area contributed by atoms with Crippen LogP contribution >= 0.6 is 0 Å². The van der Waals surface area contributed by atoms with Gasteiger partial charge in [0.2, 0.25) is 0 Å². The summed E-state index contributed by atoms with van der Waals surface area (Å²) in [7, 11) is 0. The molecule has 0 N–H and O–H groups in total. The van der Waals surface area contributed by atoms with Crippen molar-refractivity contribution in [2.24, 2.45) is 0 Å². The highest BCUT2D eigenvalue weighted by atomic mass is 16.4. The Bertz CT molecular complexity index is 183. The quantitative estimate of drug-likeness (QED) is 0.363. The molecule has 0 amide bonds. The van der Waals surface area contributed by atoms with Crippen LogP contribution < -0.4 is 10.2 Å². The van der Waals surface area contributed by atoms with E-state index in [2.05, 4.69) is 0 Å². The largest absolute Gasteiger partial charge is 0.550 e. The van der Waals surface area contributed by atoms with Gasteiger partial charge in [0.05, 0.1) is 5.97 Å². The van der Waals surface area contributed by atoms with Crippen LogP contribution in [0.15, 0.2) is 12.2 Å². The number of aliphatic carboxylic acids is 2. The van der Waals surface area contributed by atoms with Crippen molar-refractivity contribution in [2.75, 3.05) is 0 Å². The first-order valence-electron chi connectivity index (χ1n) is 3.70. The van der Waals surface area contributed by atoms with Gasteiger partial charge in [0.15, 0.2) is 0 Å². The minimum atomic E-state index is -1.23. The minimum absolute atomic E-state index is 0.0269. The lowest BCUT2D eigenvalue weighted by Gasteiger charge is -1.99. The van der Waals surface area contributed by atoms with Crippen molar-refractivity contribution >= 4 is 11.9 Å². The van der Waals surface area contributed by atoms with Crippen molar-refractivity contribution in [3.63, 3.8) is 0 Å². The van der Waals surface area contributed by atoms with Crippen LogP contribution in [-0.2, 0) is 9.59 Å². The lowest BCUT2D eigenvalue weighted by atomic mass is 10.2. The van der Waals surface area contributed by atoms with Gasteiger partial charge in [0, 0.05) is 5.97 Å². The smallest absolute Gasteiger partial charge is 0.0639 e. The predicted molar refractivity (Wildman–Crippen MR) is 37.6 cm³/mol. The average Bonchev–Trinajstić information content (AvgIpc) is 1.95. The van der Waals surface area contributed by atoms with Gasteiger partial charge in [-0.05, 0) is 31.8 Å². The Morgan fingerprint density at radius 3 is 2.33 bits per heavy atom. The Balaban J connectivity index is 3.21. The molecule has 68 valence electrons. The SMILES string of the molecule is O=C([O-])/C=C/CCCCC(=O)[O-]. The summed E-state index contributed by atoms with van der Waals surface area (Å²) >= 11 is 0. The predicted octanol–water partition coefficient (Wildman–Crippen LogP) is -1.40. The molecular formula is C8H10O4-2. The lowest BCUT2D eigenvalue weighted by Crippen LogP contribution is -2.21. The van der Waals surface area contributed by atoms with Crippen molar-refractivity contribution in [3.8, 4) is 0 Å². The number of carbonyl (C=O) groups excluding carboxylic acids is 2. The zero-order chi connectivity index (χ0) is 9.40. The van der Waals surface area contributed by atoms with Crippen LogP contribution in [0.5, 0.6) is 0 Å². The fraction of sp³-hybridized carbons (Fsp3) is 0.500. The van der Waals surface area contributed by atoms with Crippen LogP contribution in [0, 0.1) is 0 Å². The van der Waals surface area contributed by atoms with E-state index in [0.29, 0.717) is 19.3 Å². The molecule has 0 radical (unpaired) electrons. The van der Waals surface area contributed by atoms with Crippen molar-refractivity contribution < 1.29 is 19.8 Å². The zero-order valence-electron chi connectivity index (χ0n) is 6.62. The molecule has 0 aliphatic heterocycles. The molecule has 0 saturated carbocycles. The summed E-state index contributed by atoms with van der Waals surface area (Å²) in [6.45, 7) is 0. The van der Waals surface area contributed by atoms with E-state index in [0.717, 1.165) is 6.08 Å². The van der Waals surface area contributed by atoms with Crippen LogP contribution in [0.3, 0.4) is 0 Å². The molecule has 0 spiro atoms. The highest BCUT2D eigenvalue weighted by Gasteiger charge is 1.86. The first-order valence-corrected chi connectivity index (χ1v) is 3.70. The molecule has 0 saturated heterocycles. The number of carbonyl (C=O) groups is 2. The van der Waals surface area contributed by atoms with Gasteiger partial charge in [0.1, 0.15) is 0 Å². The third-order valence-electron chi connectivity index (χ3n) is 1.26. The average molecular weight is 170 g/mol. The van der Waals surface area contributed by atoms with Crippen molar-refractivity contribution in [1.29, 1.82) is 0 Å². The summed E-state index contributed by atoms with van der Waals surface area (Å²) in [4.78, 5) is 19.7. The number of unbranched alkanes of at least 4 members (excludes halogenated alkanes) is 2. The lowest BCUT2D eigenvalue weighted by molar-refractivity contribution is -0.306. The Morgan fingerprint density at radius 2 is 1.83 bits per heavy atom. The Labute approximate surface area is 70.5 Å². The first-order chi connectivity index (χ1) is 5.63. The van der Waals surface area contributed by atoms with E-state index in [-0.39, 0.29) is 6.42 Å². The van der Waals surface area contributed by atoms with Gasteiger partial charge in [-0.2, -0.15) is 0 Å². The maximum atomic E-state index is 9.91. The van der Waals surface area contributed by atoms with E-state index in [1.54, 1.807) is 0 Å². The van der Waals surface area contributed by atoms with E-state index >= 15 is 0 Å². The van der Waals surface area contributed by atoms with Crippen molar-refractivity contribution in [2.45, 2.75) is 25.7 Å². The second-order valence-corrected chi connectivity index (χ2v) is 2.34. The van der Waals surface area contributed by atoms with Gasteiger partial charge in [-0.15, -0.1) is 0 Å². The molecule has 0 heterocycles. The van der Waals surface area contributed by atoms with Crippen LogP contribution in [0.25, 0.3) is 0 Å². The van der Waals surface area contributed by atoms with E-state index < -0.39 is 11.9 Å². The number of hydrogen-bond donors (Lipinski definition) is 0. The highest BCUT2D eigenvalue weighted by molar-refractivity contribution is 5.77. The van der Waals surface area contributed by atoms with Gasteiger partial charge < -0.3 is 19.8 Å². The molecule has 0 aromatic rings. The number of hydrogen-bond acceptors (Lipinski definition) is 4. The monoisotopic (exact) mass is 170 g/mol. The van der Waals surface area contributed by atoms with E-state index in [1.807, 2.05) is 0 Å². The van der Waals surface area contributed by atoms with Gasteiger partial charge in [0.25, 0.3) is 0 Å². The number of carboxylic acids is 2. The second kappa shape index (κ2) is 6.39. The Hall–Kier alpha value is -1.32. The molecule has 0 fully saturated rings. The molecule has 0 aromatic carbocycles. The van der Waals surface area contributed by atoms with Gasteiger partial charge in [-0.25, -0.2) is 0 Å². The van der Waals surface area contributed by atoms with Crippen molar-refractivity contribution in [1.82, 2.24) is 0 Å². The van der Waals surface area contributed by atoms with Crippen LogP contribution in [0.1, 0.15) is 25.7 Å². The molecule has 4 heteroatoms. The fourth-order valence-electron chi connectivity index (χ4n) is 0.711. The van der Waals surface area contributed by atoms with Crippen LogP contribution in [-0.4, -0.2) is 11.9 Å². The van der Waals surface area contributed by atoms with Crippen LogP contribution in [0.2, 0.25) is 0 Å². The maximum Gasteiger partial charge on any atom is 0.0639 e. The minimum Gasteiger partial charge on any atom is -0.550 e. The number of allylic oxidation sites excluding steroid dienone is 1. The molecule has 0 aliphatic carbocycles. The third-order valence-corrected chi connectivity index (χ3v) is 1.26. The first kappa shape index (κ1) is 10.7. The number of rotatable bonds is 6. The third kappa shape index (κ3) is 8.68. The summed E-state index contributed by atoms with van der Waals surface area (Å²) in [6, 6.07) is 0. The molecule has 0 aliphatic rings. The maximum absolute atomic E-state index is 9.91. The van der Waals surface area contributed by atoms with Crippen molar-refractivity contribution in [3.05, 3.63) is 12.2 Å². The summed E-state index contributed by atoms with van der Waals surface area (Å²) in [6.07, 6.45) is 4.14. The molecular weight excluding hydrogens is 160 g/mol. The molecule has 0 atom stereocenters. The molecule has 0 unspecified atom stereocenters. The number of carboxylic acid groups (broad SMARTS) is 2. The molecule has 0 rings (SSSR count). The van der Waals surface area contributed by atoms with E-state index in [1.165, 1.54) is 6.08 Å². The van der Waals surface area contributed by atoms with E-state index in [9.17, 15) is 19.8 Å². The highest BCUT2D eigenvalue weighted by Crippen LogP contribution is 1.99. The zero-order valence-corrected chi connectivity index (χ0v) is 6.62. The molecule has 0 bridgehead atoms. The standard InChI is InChI=1S/C8H12O4/c9-7(10)5-3-1-2-4-6-8(11)12/h3,5H,1-2,4,6H2,(H,9,10)(H,11,12)/p-2/b5-3+. The summed E-state index contributed by atoms with van der Waals surface area (Å²) in [5, 5.41) is 19.7. The molecule has 12 heavy (non-hydrogen) atoms. The Morgan fingerprint density at radius 1 is 1.17 bits per heavy atom. The molecule has 0 aromatic heterocycles. The summed E-state index contributed by atoms with van der Waals surface area (Å²) in [5.74, 6) is -2.30. The normalized spacial score (nSPS) is 10.3. The summed E-state index contributed by atoms with van der Waals surface area (Å²) in [5.41, 5.74) is 0. The summed E-state index contributed by atoms with van der Waals surface area (Å²) < 4.78 is 0. The van der Waals surface area contributed by atoms with Gasteiger partial charge >= 0.3 is 0 Å². The van der Waals surface area contributed by atoms with Crippen LogP contribution in [0.4, 0.5) is 0 Å². The fourth-order valence-corrected chi connectivity index (χ4v) is 0.711. The topological polar surface area (TPSA) is 80.3 Å². The molecule has 4 nitrogen and oxygen atoms in total. The Kier molecular flexibility index (Phi) is 5.69. The van der Waals surface area contributed by atoms with E-state index in [4.69, 9.17) is 0 Å². The van der Waals surface area contributed by atoms with Gasteiger partial charge in [-0.1, -0.05) is 6.08 Å².